The molecule has 0 bridgehead atoms. The summed E-state index contributed by atoms with van der Waals surface area (Å²) in [4.78, 5) is -0.737. The number of ether oxygens (including phenoxy) is 1. The monoisotopic (exact) mass is 271 g/mol. The minimum absolute atomic E-state index is 0.365. The van der Waals surface area contributed by atoms with E-state index < -0.39 is 32.7 Å². The molecule has 0 amide bonds. The van der Waals surface area contributed by atoms with Crippen LogP contribution < -0.4 is 4.74 Å². The zero-order valence-corrected chi connectivity index (χ0v) is 9.27. The van der Waals surface area contributed by atoms with Crippen molar-refractivity contribution in [3.8, 4) is 5.75 Å². The highest BCUT2D eigenvalue weighted by Gasteiger charge is 2.34. The smallest absolute Gasteiger partial charge is 0.404 e. The Bertz CT molecular complexity index is 507. The summed E-state index contributed by atoms with van der Waals surface area (Å²) in [6.45, 7) is 1.13. The minimum atomic E-state index is -5.09. The van der Waals surface area contributed by atoms with Gasteiger partial charge in [-0.05, 0) is 19.1 Å². The van der Waals surface area contributed by atoms with Gasteiger partial charge >= 0.3 is 6.36 Å². The van der Waals surface area contributed by atoms with E-state index in [-0.39, 0.29) is 0 Å². The lowest BCUT2D eigenvalue weighted by atomic mass is 10.3. The van der Waals surface area contributed by atoms with Crippen LogP contribution in [0.1, 0.15) is 6.92 Å². The van der Waals surface area contributed by atoms with Gasteiger partial charge in [-0.25, -0.2) is 12.8 Å². The van der Waals surface area contributed by atoms with E-state index in [1.54, 1.807) is 0 Å². The lowest BCUT2D eigenvalue weighted by Crippen LogP contribution is -2.19. The Kier molecular flexibility index (Phi) is 3.65. The molecule has 8 heteroatoms. The first kappa shape index (κ1) is 13.8. The molecule has 0 spiro atoms. The van der Waals surface area contributed by atoms with Crippen molar-refractivity contribution in [2.24, 2.45) is 0 Å². The molecule has 0 aliphatic carbocycles. The van der Waals surface area contributed by atoms with Gasteiger partial charge in [0.15, 0.2) is 15.6 Å². The topological polar surface area (TPSA) is 43.4 Å². The van der Waals surface area contributed by atoms with Crippen molar-refractivity contribution in [2.75, 3.05) is 0 Å². The van der Waals surface area contributed by atoms with Crippen molar-refractivity contribution >= 4 is 9.84 Å². The Balaban J connectivity index is 3.32. The number of halogens is 4. The molecule has 0 N–H and O–H groups in total. The maximum Gasteiger partial charge on any atom is 0.573 e. The van der Waals surface area contributed by atoms with E-state index >= 15 is 0 Å². The van der Waals surface area contributed by atoms with Crippen LogP contribution in [0.4, 0.5) is 17.6 Å². The molecule has 0 aliphatic rings. The molecule has 1 aromatic carbocycles. The Morgan fingerprint density at radius 3 is 2.35 bits per heavy atom. The minimum Gasteiger partial charge on any atom is -0.404 e. The van der Waals surface area contributed by atoms with E-state index in [4.69, 9.17) is 0 Å². The van der Waals surface area contributed by atoms with Crippen LogP contribution in [-0.2, 0) is 9.84 Å². The van der Waals surface area contributed by atoms with Crippen molar-refractivity contribution in [3.05, 3.63) is 29.8 Å². The molecule has 0 unspecified atom stereocenters. The van der Waals surface area contributed by atoms with Gasteiger partial charge in [-0.15, -0.1) is 13.2 Å². The predicted octanol–water partition coefficient (Wildman–Crippen LogP) is 2.68. The summed E-state index contributed by atoms with van der Waals surface area (Å²) in [6, 6.07) is 1.81. The molecule has 0 atom stereocenters. The number of sulfone groups is 1. The van der Waals surface area contributed by atoms with Crippen LogP contribution in [0.3, 0.4) is 0 Å². The lowest BCUT2D eigenvalue weighted by Gasteiger charge is -2.12. The molecule has 0 aliphatic heterocycles. The Morgan fingerprint density at radius 1 is 1.29 bits per heavy atom. The molecule has 0 aromatic heterocycles. The van der Waals surface area contributed by atoms with Crippen LogP contribution in [0.2, 0.25) is 0 Å². The van der Waals surface area contributed by atoms with Gasteiger partial charge < -0.3 is 4.74 Å². The highest BCUT2D eigenvalue weighted by Crippen LogP contribution is 2.31. The zero-order chi connectivity index (χ0) is 13.3. The van der Waals surface area contributed by atoms with Crippen LogP contribution in [-0.4, -0.2) is 14.8 Å². The van der Waals surface area contributed by atoms with Gasteiger partial charge in [-0.1, -0.05) is 0 Å². The van der Waals surface area contributed by atoms with Crippen molar-refractivity contribution in [3.63, 3.8) is 0 Å². The van der Waals surface area contributed by atoms with Crippen molar-refractivity contribution in [2.45, 2.75) is 18.2 Å². The zero-order valence-electron chi connectivity index (χ0n) is 8.45. The first-order chi connectivity index (χ1) is 7.65. The number of alkyl halides is 3. The summed E-state index contributed by atoms with van der Waals surface area (Å²) in [5.41, 5.74) is 0. The third-order valence-corrected chi connectivity index (χ3v) is 3.32. The van der Waals surface area contributed by atoms with Gasteiger partial charge in [-0.2, -0.15) is 0 Å². The molecule has 0 saturated carbocycles. The van der Waals surface area contributed by atoms with Crippen LogP contribution in [0.25, 0.3) is 0 Å². The Labute approximate surface area is 94.9 Å². The largest absolute Gasteiger partial charge is 0.573 e. The second-order valence-corrected chi connectivity index (χ2v) is 4.92. The van der Waals surface area contributed by atoms with E-state index in [0.717, 1.165) is 13.0 Å². The fourth-order valence-corrected chi connectivity index (χ4v) is 1.94. The van der Waals surface area contributed by atoms with Gasteiger partial charge in [0.1, 0.15) is 10.7 Å². The molecule has 0 heterocycles. The molecular weight excluding hydrogens is 264 g/mol. The van der Waals surface area contributed by atoms with E-state index in [0.29, 0.717) is 17.9 Å². The first-order valence-corrected chi connectivity index (χ1v) is 5.80. The van der Waals surface area contributed by atoms with Gasteiger partial charge in [-0.3, -0.25) is 0 Å². The van der Waals surface area contributed by atoms with Crippen molar-refractivity contribution < 1.29 is 30.7 Å². The van der Waals surface area contributed by atoms with Crippen LogP contribution in [0.5, 0.6) is 5.75 Å². The molecule has 0 fully saturated rings. The Morgan fingerprint density at radius 2 is 1.88 bits per heavy atom. The van der Waals surface area contributed by atoms with E-state index in [1.165, 1.54) is 0 Å². The molecule has 17 heavy (non-hydrogen) atoms. The maximum atomic E-state index is 12.8. The molecule has 95 valence electrons. The SMILES string of the molecule is C[CH]S(=O)(=O)c1ccc(F)cc1OC(F)(F)F. The highest BCUT2D eigenvalue weighted by atomic mass is 32.2. The molecular formula is C9H7F4O3S. The van der Waals surface area contributed by atoms with Gasteiger partial charge in [0, 0.05) is 6.07 Å². The normalized spacial score (nSPS) is 12.5. The van der Waals surface area contributed by atoms with Gasteiger partial charge in [0.2, 0.25) is 0 Å². The second kappa shape index (κ2) is 4.52. The van der Waals surface area contributed by atoms with Crippen LogP contribution in [0.15, 0.2) is 23.1 Å². The summed E-state index contributed by atoms with van der Waals surface area (Å²) in [6.07, 6.45) is -5.09. The highest BCUT2D eigenvalue weighted by molar-refractivity contribution is 7.93. The first-order valence-electron chi connectivity index (χ1n) is 4.25. The predicted molar refractivity (Wildman–Crippen MR) is 50.2 cm³/mol. The lowest BCUT2D eigenvalue weighted by molar-refractivity contribution is -0.275. The summed E-state index contributed by atoms with van der Waals surface area (Å²) in [5.74, 6) is -1.42. The summed E-state index contributed by atoms with van der Waals surface area (Å²) in [7, 11) is -4.03. The number of rotatable bonds is 3. The third-order valence-electron chi connectivity index (χ3n) is 1.75. The fourth-order valence-electron chi connectivity index (χ4n) is 1.05. The quantitative estimate of drug-likeness (QED) is 0.627. The fraction of sp³-hybridized carbons (Fsp3) is 0.222. The van der Waals surface area contributed by atoms with E-state index in [1.807, 2.05) is 0 Å². The van der Waals surface area contributed by atoms with Crippen molar-refractivity contribution in [1.82, 2.24) is 0 Å². The average Bonchev–Trinajstić information content (AvgIpc) is 2.14. The van der Waals surface area contributed by atoms with Gasteiger partial charge in [0.25, 0.3) is 0 Å². The molecule has 3 nitrogen and oxygen atoms in total. The van der Waals surface area contributed by atoms with Crippen LogP contribution >= 0.6 is 0 Å². The number of benzene rings is 1. The third kappa shape index (κ3) is 3.58. The molecule has 1 rings (SSSR count). The maximum absolute atomic E-state index is 12.8. The van der Waals surface area contributed by atoms with Crippen LogP contribution in [0, 0.1) is 11.6 Å². The van der Waals surface area contributed by atoms with E-state index in [9.17, 15) is 26.0 Å². The second-order valence-electron chi connectivity index (χ2n) is 2.92. The Hall–Kier alpha value is -1.31. The molecule has 1 radical (unpaired) electrons. The van der Waals surface area contributed by atoms with E-state index in [2.05, 4.69) is 4.74 Å². The standard InChI is InChI=1S/C9H7F4O3S/c1-2-17(14,15)8-4-3-6(10)5-7(8)16-9(11,12)13/h2-5H,1H3. The van der Waals surface area contributed by atoms with Gasteiger partial charge in [0.05, 0.1) is 5.75 Å². The van der Waals surface area contributed by atoms with Crippen molar-refractivity contribution in [1.29, 1.82) is 0 Å². The molecule has 1 aromatic rings. The molecule has 0 saturated heterocycles. The summed E-state index contributed by atoms with van der Waals surface area (Å²) in [5, 5.41) is 0. The summed E-state index contributed by atoms with van der Waals surface area (Å²) < 4.78 is 75.0. The number of hydrogen-bond donors (Lipinski definition) is 0. The summed E-state index contributed by atoms with van der Waals surface area (Å²) >= 11 is 0. The number of hydrogen-bond acceptors (Lipinski definition) is 3. The average molecular weight is 271 g/mol.